The van der Waals surface area contributed by atoms with Crippen molar-refractivity contribution in [1.82, 2.24) is 9.55 Å². The fourth-order valence-electron chi connectivity index (χ4n) is 4.50. The molecule has 2 aliphatic rings. The summed E-state index contributed by atoms with van der Waals surface area (Å²) in [6.07, 6.45) is -1.96. The van der Waals surface area contributed by atoms with Crippen molar-refractivity contribution in [2.24, 2.45) is 10.8 Å². The molecule has 16 nitrogen and oxygen atoms in total. The van der Waals surface area contributed by atoms with Gasteiger partial charge in [-0.1, -0.05) is 65.1 Å². The van der Waals surface area contributed by atoms with Gasteiger partial charge in [-0.05, 0) is 6.92 Å². The van der Waals surface area contributed by atoms with E-state index in [1.54, 1.807) is 0 Å². The van der Waals surface area contributed by atoms with Crippen molar-refractivity contribution in [3.8, 4) is 0 Å². The summed E-state index contributed by atoms with van der Waals surface area (Å²) in [5.41, 5.74) is -4.27. The van der Waals surface area contributed by atoms with Gasteiger partial charge in [-0.25, -0.2) is 13.8 Å². The molecule has 0 bridgehead atoms. The van der Waals surface area contributed by atoms with Gasteiger partial charge in [0.15, 0.2) is 22.6 Å². The molecular weight excluding hydrogens is 726 g/mol. The predicted molar refractivity (Wildman–Crippen MR) is 181 cm³/mol. The lowest BCUT2D eigenvalue weighted by atomic mass is 9.95. The quantitative estimate of drug-likeness (QED) is 0.158. The van der Waals surface area contributed by atoms with Crippen LogP contribution in [0.4, 0.5) is 4.39 Å². The van der Waals surface area contributed by atoms with Gasteiger partial charge in [-0.3, -0.25) is 37.5 Å². The average Bonchev–Trinajstić information content (AvgIpc) is 3.48. The Labute approximate surface area is 298 Å². The molecule has 3 rings (SSSR count). The molecule has 3 heterocycles. The molecule has 286 valence electrons. The van der Waals surface area contributed by atoms with E-state index in [-0.39, 0.29) is 49.9 Å². The number of hydrogen-bond acceptors (Lipinski definition) is 16. The van der Waals surface area contributed by atoms with Crippen LogP contribution in [0.2, 0.25) is 0 Å². The summed E-state index contributed by atoms with van der Waals surface area (Å²) in [4.78, 5) is 50.5. The highest BCUT2D eigenvalue weighted by Crippen LogP contribution is 2.56. The topological polar surface area (TPSA) is 189 Å². The van der Waals surface area contributed by atoms with Crippen molar-refractivity contribution in [3.05, 3.63) is 33.1 Å². The molecule has 0 amide bonds. The number of alkyl halides is 1. The van der Waals surface area contributed by atoms with Crippen molar-refractivity contribution >= 4 is 41.6 Å². The number of carbonyl (C=O) groups excluding carboxylic acids is 2. The maximum Gasteiger partial charge on any atom is 0.475 e. The smallest absolute Gasteiger partial charge is 0.378 e. The van der Waals surface area contributed by atoms with Crippen LogP contribution in [0.3, 0.4) is 0 Å². The number of methoxy groups -OCH3 is 1. The van der Waals surface area contributed by atoms with Gasteiger partial charge in [0.25, 0.3) is 17.9 Å². The van der Waals surface area contributed by atoms with Gasteiger partial charge >= 0.3 is 13.5 Å². The second-order valence-electron chi connectivity index (χ2n) is 13.5. The van der Waals surface area contributed by atoms with Gasteiger partial charge in [0.1, 0.15) is 12.2 Å². The number of aromatic nitrogens is 2. The minimum atomic E-state index is -4.53. The minimum Gasteiger partial charge on any atom is -0.378 e. The van der Waals surface area contributed by atoms with E-state index in [1.807, 2.05) is 41.5 Å². The summed E-state index contributed by atoms with van der Waals surface area (Å²) in [6.45, 7) is 9.61. The number of hydrogen-bond donors (Lipinski definition) is 1. The van der Waals surface area contributed by atoms with Gasteiger partial charge in [-0.15, -0.1) is 0 Å². The first-order chi connectivity index (χ1) is 23.2. The van der Waals surface area contributed by atoms with E-state index in [1.165, 1.54) is 14.0 Å². The second-order valence-corrected chi connectivity index (χ2v) is 17.3. The normalized spacial score (nSPS) is 25.6. The number of ether oxygens (including phenoxy) is 6. The molecule has 50 heavy (non-hydrogen) atoms. The van der Waals surface area contributed by atoms with Crippen molar-refractivity contribution in [1.29, 1.82) is 0 Å². The maximum absolute atomic E-state index is 16.7. The Morgan fingerprint density at radius 3 is 1.94 bits per heavy atom. The van der Waals surface area contributed by atoms with E-state index in [0.29, 0.717) is 11.5 Å². The Hall–Kier alpha value is -1.48. The van der Waals surface area contributed by atoms with Crippen LogP contribution >= 0.6 is 31.3 Å². The highest BCUT2D eigenvalue weighted by Gasteiger charge is 2.71. The molecule has 0 saturated carbocycles. The van der Waals surface area contributed by atoms with Crippen molar-refractivity contribution in [2.75, 3.05) is 64.9 Å². The molecule has 2 fully saturated rings. The van der Waals surface area contributed by atoms with E-state index in [4.69, 9.17) is 42.0 Å². The van der Waals surface area contributed by atoms with Crippen LogP contribution in [-0.2, 0) is 56.1 Å². The molecule has 2 saturated heterocycles. The van der Waals surface area contributed by atoms with Crippen molar-refractivity contribution < 1.29 is 60.5 Å². The van der Waals surface area contributed by atoms with Crippen molar-refractivity contribution in [2.45, 2.75) is 78.7 Å². The van der Waals surface area contributed by atoms with Crippen LogP contribution in [0.1, 0.15) is 54.7 Å². The molecule has 0 aliphatic carbocycles. The standard InChI is InChI=1S/C30H48FN2O14PS2/c1-27(2,3)23(35)49-17-15-40-11-13-42-48(38,43-14-12-41-16-18-50-24(36)28(4,5)6)44-19-30(31)21-29(7,47-26(39-8)45-21)22(46-30)33-10-9-20(34)32-25(33)37/h9-10,21-22,26H,11-19H2,1-8H3,(H,32,34,37)/t21-,22+,26?,29+,30+/m0/s1. The van der Waals surface area contributed by atoms with E-state index in [0.717, 1.165) is 40.4 Å². The molecule has 0 aromatic carbocycles. The lowest BCUT2D eigenvalue weighted by Gasteiger charge is -2.27. The van der Waals surface area contributed by atoms with Crippen LogP contribution < -0.4 is 11.2 Å². The Morgan fingerprint density at radius 1 is 0.920 bits per heavy atom. The van der Waals surface area contributed by atoms with Crippen LogP contribution in [0.5, 0.6) is 0 Å². The van der Waals surface area contributed by atoms with Gasteiger partial charge < -0.3 is 28.4 Å². The fourth-order valence-corrected chi connectivity index (χ4v) is 7.29. The summed E-state index contributed by atoms with van der Waals surface area (Å²) in [5, 5.41) is 0.0218. The number of nitrogens with one attached hydrogen (secondary N) is 1. The van der Waals surface area contributed by atoms with Gasteiger partial charge in [0, 0.05) is 41.7 Å². The zero-order chi connectivity index (χ0) is 37.4. The highest BCUT2D eigenvalue weighted by atomic mass is 32.2. The molecular formula is C30H48FN2O14PS2. The molecule has 1 aromatic rings. The highest BCUT2D eigenvalue weighted by molar-refractivity contribution is 8.14. The van der Waals surface area contributed by atoms with Gasteiger partial charge in [0.2, 0.25) is 0 Å². The lowest BCUT2D eigenvalue weighted by Crippen LogP contribution is -2.48. The Kier molecular flexibility index (Phi) is 15.5. The third-order valence-electron chi connectivity index (χ3n) is 7.12. The number of phosphoric ester groups is 1. The number of halogens is 1. The summed E-state index contributed by atoms with van der Waals surface area (Å²) in [7, 11) is -3.27. The lowest BCUT2D eigenvalue weighted by molar-refractivity contribution is -0.300. The number of phosphoric acid groups is 1. The third kappa shape index (κ3) is 11.8. The Morgan fingerprint density at radius 2 is 1.46 bits per heavy atom. The zero-order valence-electron chi connectivity index (χ0n) is 29.6. The number of aromatic amines is 1. The third-order valence-corrected chi connectivity index (χ3v) is 11.1. The number of H-pyrrole nitrogens is 1. The summed E-state index contributed by atoms with van der Waals surface area (Å²) in [6, 6.07) is 1.05. The van der Waals surface area contributed by atoms with Crippen LogP contribution in [-0.4, -0.2) is 109 Å². The maximum atomic E-state index is 16.7. The zero-order valence-corrected chi connectivity index (χ0v) is 32.1. The molecule has 1 aromatic heterocycles. The molecule has 2 aliphatic heterocycles. The Balaban J connectivity index is 1.65. The molecule has 1 unspecified atom stereocenters. The van der Waals surface area contributed by atoms with Crippen molar-refractivity contribution in [3.63, 3.8) is 0 Å². The molecule has 0 radical (unpaired) electrons. The van der Waals surface area contributed by atoms with E-state index in [2.05, 4.69) is 4.98 Å². The van der Waals surface area contributed by atoms with Gasteiger partial charge in [0.05, 0.1) is 39.6 Å². The number of rotatable bonds is 19. The predicted octanol–water partition coefficient (Wildman–Crippen LogP) is 3.64. The van der Waals surface area contributed by atoms with E-state index >= 15 is 4.39 Å². The number of thioether (sulfide) groups is 2. The number of carbonyl (C=O) groups is 2. The van der Waals surface area contributed by atoms with Crippen LogP contribution in [0.25, 0.3) is 0 Å². The van der Waals surface area contributed by atoms with Gasteiger partial charge in [-0.2, -0.15) is 0 Å². The number of nitrogens with zero attached hydrogens (tertiary/aromatic N) is 1. The molecule has 0 spiro atoms. The van der Waals surface area contributed by atoms with E-state index in [9.17, 15) is 23.7 Å². The van der Waals surface area contributed by atoms with Crippen LogP contribution in [0, 0.1) is 10.8 Å². The van der Waals surface area contributed by atoms with Crippen LogP contribution in [0.15, 0.2) is 21.9 Å². The first-order valence-corrected chi connectivity index (χ1v) is 19.3. The monoisotopic (exact) mass is 774 g/mol. The minimum absolute atomic E-state index is 0.0109. The summed E-state index contributed by atoms with van der Waals surface area (Å²) in [5.74, 6) is -2.11. The fraction of sp³-hybridized carbons (Fsp3) is 0.800. The first-order valence-electron chi connectivity index (χ1n) is 15.8. The summed E-state index contributed by atoms with van der Waals surface area (Å²) < 4.78 is 80.8. The van der Waals surface area contributed by atoms with E-state index < -0.39 is 66.8 Å². The molecule has 1 N–H and O–H groups in total. The molecule has 20 heteroatoms. The largest absolute Gasteiger partial charge is 0.475 e. The SMILES string of the molecule is COC1O[C@H]2[C@@](C)(O1)[C@H](n1ccc(=O)[nH]c1=O)O[C@]2(F)COP(=O)(OCCOCCSC(=O)C(C)(C)C)OCCOCCSC(=O)C(C)(C)C. The number of fused-ring (bicyclic) bond motifs is 1. The summed E-state index contributed by atoms with van der Waals surface area (Å²) >= 11 is 2.26. The first kappa shape index (κ1) is 42.9. The second kappa shape index (κ2) is 18.0. The average molecular weight is 775 g/mol. The molecule has 5 atom stereocenters. The Bertz CT molecular complexity index is 1420.